The average Bonchev–Trinajstić information content (AvgIpc) is 3.66. The first-order valence-electron chi connectivity index (χ1n) is 20.1. The second kappa shape index (κ2) is 14.6. The molecule has 1 aromatic heterocycles. The Morgan fingerprint density at radius 3 is 1.35 bits per heavy atom. The van der Waals surface area contributed by atoms with E-state index in [9.17, 15) is 5.26 Å². The number of nitriles is 1. The number of hydrogen-bond donors (Lipinski definition) is 0. The maximum Gasteiger partial charge on any atom is 0.164 e. The van der Waals surface area contributed by atoms with Gasteiger partial charge in [-0.15, -0.1) is 0 Å². The highest BCUT2D eigenvalue weighted by atomic mass is 15.0. The minimum Gasteiger partial charge on any atom is -0.208 e. The van der Waals surface area contributed by atoms with Crippen molar-refractivity contribution in [2.45, 2.75) is 0 Å². The molecular formula is C56H34N4. The molecule has 1 heterocycles. The van der Waals surface area contributed by atoms with E-state index in [-0.39, 0.29) is 0 Å². The molecule has 278 valence electrons. The van der Waals surface area contributed by atoms with Gasteiger partial charge in [-0.3, -0.25) is 0 Å². The van der Waals surface area contributed by atoms with E-state index in [1.165, 1.54) is 33.0 Å². The van der Waals surface area contributed by atoms with Gasteiger partial charge < -0.3 is 0 Å². The van der Waals surface area contributed by atoms with Gasteiger partial charge in [0, 0.05) is 16.7 Å². The molecule has 9 aromatic carbocycles. The van der Waals surface area contributed by atoms with E-state index in [4.69, 9.17) is 15.0 Å². The van der Waals surface area contributed by atoms with E-state index in [0.717, 1.165) is 61.2 Å². The first kappa shape index (κ1) is 34.9. The molecule has 0 saturated heterocycles. The van der Waals surface area contributed by atoms with Gasteiger partial charge in [-0.05, 0) is 108 Å². The van der Waals surface area contributed by atoms with Gasteiger partial charge in [0.15, 0.2) is 17.5 Å². The van der Waals surface area contributed by atoms with Crippen LogP contribution < -0.4 is 0 Å². The Labute approximate surface area is 348 Å². The first-order chi connectivity index (χ1) is 29.7. The largest absolute Gasteiger partial charge is 0.208 e. The third-order valence-corrected chi connectivity index (χ3v) is 11.5. The molecule has 4 nitrogen and oxygen atoms in total. The van der Waals surface area contributed by atoms with Crippen LogP contribution in [-0.4, -0.2) is 15.0 Å². The quantitative estimate of drug-likeness (QED) is 0.162. The summed E-state index contributed by atoms with van der Waals surface area (Å²) >= 11 is 0. The second-order valence-corrected chi connectivity index (χ2v) is 15.1. The summed E-state index contributed by atoms with van der Waals surface area (Å²) in [5, 5.41) is 13.1. The summed E-state index contributed by atoms with van der Waals surface area (Å²) in [7, 11) is 0. The van der Waals surface area contributed by atoms with Crippen molar-refractivity contribution in [3.63, 3.8) is 0 Å². The van der Waals surface area contributed by atoms with Gasteiger partial charge in [0.1, 0.15) is 0 Å². The molecule has 0 saturated carbocycles. The fourth-order valence-electron chi connectivity index (χ4n) is 8.56. The van der Waals surface area contributed by atoms with Crippen LogP contribution in [0.1, 0.15) is 5.56 Å². The summed E-state index contributed by atoms with van der Waals surface area (Å²) in [4.78, 5) is 15.0. The lowest BCUT2D eigenvalue weighted by Crippen LogP contribution is -2.00. The average molecular weight is 763 g/mol. The summed E-state index contributed by atoms with van der Waals surface area (Å²) in [6.07, 6.45) is 0. The molecule has 0 unspecified atom stereocenters. The Bertz CT molecular complexity index is 3320. The van der Waals surface area contributed by atoms with Crippen molar-refractivity contribution in [2.75, 3.05) is 0 Å². The van der Waals surface area contributed by atoms with Gasteiger partial charge >= 0.3 is 0 Å². The maximum absolute atomic E-state index is 10.5. The number of hydrogen-bond acceptors (Lipinski definition) is 4. The molecule has 0 radical (unpaired) electrons. The molecule has 0 atom stereocenters. The van der Waals surface area contributed by atoms with Crippen LogP contribution in [0, 0.1) is 11.3 Å². The molecule has 60 heavy (non-hydrogen) atoms. The van der Waals surface area contributed by atoms with Crippen molar-refractivity contribution in [2.24, 2.45) is 0 Å². The molecule has 1 aliphatic rings. The third kappa shape index (κ3) is 6.23. The van der Waals surface area contributed by atoms with Crippen LogP contribution in [-0.2, 0) is 0 Å². The normalized spacial score (nSPS) is 11.3. The van der Waals surface area contributed by atoms with Gasteiger partial charge in [-0.2, -0.15) is 5.26 Å². The zero-order valence-corrected chi connectivity index (χ0v) is 32.4. The van der Waals surface area contributed by atoms with Gasteiger partial charge in [0.05, 0.1) is 11.6 Å². The summed E-state index contributed by atoms with van der Waals surface area (Å²) in [5.74, 6) is 1.75. The topological polar surface area (TPSA) is 62.5 Å². The lowest BCUT2D eigenvalue weighted by Gasteiger charge is -2.12. The Kier molecular flexibility index (Phi) is 8.50. The monoisotopic (exact) mass is 762 g/mol. The van der Waals surface area contributed by atoms with Crippen molar-refractivity contribution < 1.29 is 0 Å². The first-order valence-corrected chi connectivity index (χ1v) is 20.1. The number of aromatic nitrogens is 3. The summed E-state index contributed by atoms with van der Waals surface area (Å²) in [6.45, 7) is 0. The Morgan fingerprint density at radius 2 is 0.717 bits per heavy atom. The second-order valence-electron chi connectivity index (χ2n) is 15.1. The lowest BCUT2D eigenvalue weighted by atomic mass is 9.92. The van der Waals surface area contributed by atoms with Crippen molar-refractivity contribution in [1.82, 2.24) is 15.0 Å². The van der Waals surface area contributed by atoms with E-state index >= 15 is 0 Å². The lowest BCUT2D eigenvalue weighted by molar-refractivity contribution is 1.07. The molecule has 11 rings (SSSR count). The van der Waals surface area contributed by atoms with Gasteiger partial charge in [0.2, 0.25) is 0 Å². The van der Waals surface area contributed by atoms with Crippen LogP contribution in [0.15, 0.2) is 206 Å². The highest BCUT2D eigenvalue weighted by molar-refractivity contribution is 6.15. The highest BCUT2D eigenvalue weighted by Crippen LogP contribution is 2.48. The molecule has 10 aromatic rings. The molecule has 0 bridgehead atoms. The smallest absolute Gasteiger partial charge is 0.164 e. The molecule has 1 aliphatic carbocycles. The molecule has 0 N–H and O–H groups in total. The van der Waals surface area contributed by atoms with E-state index in [1.54, 1.807) is 0 Å². The highest BCUT2D eigenvalue weighted by Gasteiger charge is 2.22. The predicted octanol–water partition coefficient (Wildman–Crippen LogP) is 14.2. The van der Waals surface area contributed by atoms with Crippen LogP contribution in [0.3, 0.4) is 0 Å². The summed E-state index contributed by atoms with van der Waals surface area (Å²) in [6, 6.07) is 73.9. The van der Waals surface area contributed by atoms with Gasteiger partial charge in [-0.1, -0.05) is 176 Å². The van der Waals surface area contributed by atoms with E-state index < -0.39 is 0 Å². The summed E-state index contributed by atoms with van der Waals surface area (Å²) < 4.78 is 0. The maximum atomic E-state index is 10.5. The molecular weight excluding hydrogens is 729 g/mol. The molecule has 0 spiro atoms. The van der Waals surface area contributed by atoms with Crippen molar-refractivity contribution in [3.05, 3.63) is 212 Å². The molecule has 0 aliphatic heterocycles. The fraction of sp³-hybridized carbons (Fsp3) is 0. The van der Waals surface area contributed by atoms with Crippen LogP contribution in [0.4, 0.5) is 0 Å². The van der Waals surface area contributed by atoms with Crippen molar-refractivity contribution in [1.29, 1.82) is 5.26 Å². The Balaban J connectivity index is 0.937. The van der Waals surface area contributed by atoms with Gasteiger partial charge in [0.25, 0.3) is 0 Å². The van der Waals surface area contributed by atoms with E-state index in [0.29, 0.717) is 23.0 Å². The fourth-order valence-corrected chi connectivity index (χ4v) is 8.56. The predicted molar refractivity (Wildman–Crippen MR) is 245 cm³/mol. The Morgan fingerprint density at radius 1 is 0.283 bits per heavy atom. The molecule has 0 fully saturated rings. The standard InChI is InChI=1S/C56H34N4/c57-35-47-32-42(40-19-7-20-41(30-40)43-27-29-49-50-24-10-16-37-17-11-25-51(53(37)50)52(49)34-43)26-28-48(47)44-21-9-23-46(33-44)56-59-54(38-14-5-2-6-15-38)58-55(60-56)45-22-8-18-39(31-45)36-12-3-1-4-13-36/h1-34H. The number of fused-ring (bicyclic) bond motifs is 3. The van der Waals surface area contributed by atoms with E-state index in [2.05, 4.69) is 127 Å². The van der Waals surface area contributed by atoms with Crippen molar-refractivity contribution >= 4 is 10.8 Å². The number of rotatable bonds is 7. The molecule has 4 heteroatoms. The minimum atomic E-state index is 0.560. The third-order valence-electron chi connectivity index (χ3n) is 11.5. The van der Waals surface area contributed by atoms with Crippen LogP contribution in [0.25, 0.3) is 112 Å². The Hall–Kier alpha value is -8.26. The number of benzene rings is 9. The SMILES string of the molecule is N#Cc1cc(-c2cccc(-c3ccc4c(c3)-c3cccc5cccc-4c35)c2)ccc1-c1cccc(-c2nc(-c3ccccc3)nc(-c3cccc(-c4ccccc4)c3)n2)c1. The van der Waals surface area contributed by atoms with Crippen molar-refractivity contribution in [3.8, 4) is 107 Å². The summed E-state index contributed by atoms with van der Waals surface area (Å²) in [5.41, 5.74) is 16.7. The van der Waals surface area contributed by atoms with Crippen LogP contribution in [0.5, 0.6) is 0 Å². The zero-order valence-electron chi connectivity index (χ0n) is 32.4. The minimum absolute atomic E-state index is 0.560. The van der Waals surface area contributed by atoms with E-state index in [1.807, 2.05) is 84.9 Å². The zero-order chi connectivity index (χ0) is 40.0. The van der Waals surface area contributed by atoms with Crippen LogP contribution >= 0.6 is 0 Å². The molecule has 0 amide bonds. The van der Waals surface area contributed by atoms with Crippen LogP contribution in [0.2, 0.25) is 0 Å². The van der Waals surface area contributed by atoms with Gasteiger partial charge in [-0.25, -0.2) is 15.0 Å². The number of nitrogens with zero attached hydrogens (tertiary/aromatic N) is 4.